The molecule has 1 rings (SSSR count). The third-order valence-corrected chi connectivity index (χ3v) is 2.99. The van der Waals surface area contributed by atoms with Crippen molar-refractivity contribution in [2.24, 2.45) is 11.8 Å². The Hall–Kier alpha value is -2.30. The molecule has 0 heterocycles. The third-order valence-electron chi connectivity index (χ3n) is 2.99. The molecule has 4 N–H and O–H groups in total. The molecular weight excluding hydrogens is 268 g/mol. The van der Waals surface area contributed by atoms with Gasteiger partial charge in [0.25, 0.3) is 0 Å². The van der Waals surface area contributed by atoms with Crippen molar-refractivity contribution in [3.8, 4) is 0 Å². The number of carboxylic acid groups (broad SMARTS) is 1. The quantitative estimate of drug-likeness (QED) is 0.530. The molecule has 0 aliphatic rings. The highest BCUT2D eigenvalue weighted by Crippen LogP contribution is 2.11. The SMILES string of the molecule is CC(C)CC(CNC(=O)/C=C/c1ccc(N)cc1)C(=O)O. The second kappa shape index (κ2) is 8.09. The van der Waals surface area contributed by atoms with Gasteiger partial charge in [-0.05, 0) is 36.1 Å². The van der Waals surface area contributed by atoms with Gasteiger partial charge in [0.2, 0.25) is 5.91 Å². The van der Waals surface area contributed by atoms with Gasteiger partial charge >= 0.3 is 5.97 Å². The van der Waals surface area contributed by atoms with Crippen LogP contribution >= 0.6 is 0 Å². The van der Waals surface area contributed by atoms with Crippen molar-refractivity contribution in [3.63, 3.8) is 0 Å². The molecule has 1 amide bonds. The lowest BCUT2D eigenvalue weighted by atomic mass is 9.97. The summed E-state index contributed by atoms with van der Waals surface area (Å²) in [7, 11) is 0. The van der Waals surface area contributed by atoms with E-state index in [0.29, 0.717) is 12.1 Å². The van der Waals surface area contributed by atoms with Crippen molar-refractivity contribution >= 4 is 23.6 Å². The van der Waals surface area contributed by atoms with Crippen molar-refractivity contribution in [3.05, 3.63) is 35.9 Å². The monoisotopic (exact) mass is 290 g/mol. The number of carbonyl (C=O) groups is 2. The molecule has 0 fully saturated rings. The van der Waals surface area contributed by atoms with Crippen LogP contribution in [0.2, 0.25) is 0 Å². The number of hydrogen-bond donors (Lipinski definition) is 3. The van der Waals surface area contributed by atoms with E-state index >= 15 is 0 Å². The highest BCUT2D eigenvalue weighted by molar-refractivity contribution is 5.92. The zero-order chi connectivity index (χ0) is 15.8. The number of nitrogens with one attached hydrogen (secondary N) is 1. The van der Waals surface area contributed by atoms with Crippen LogP contribution in [0.25, 0.3) is 6.08 Å². The zero-order valence-electron chi connectivity index (χ0n) is 12.4. The molecule has 0 radical (unpaired) electrons. The predicted molar refractivity (Wildman–Crippen MR) is 83.5 cm³/mol. The van der Waals surface area contributed by atoms with Crippen LogP contribution in [0.4, 0.5) is 5.69 Å². The summed E-state index contributed by atoms with van der Waals surface area (Å²) in [5.41, 5.74) is 7.09. The molecule has 5 heteroatoms. The number of anilines is 1. The van der Waals surface area contributed by atoms with Crippen molar-refractivity contribution < 1.29 is 14.7 Å². The van der Waals surface area contributed by atoms with Gasteiger partial charge < -0.3 is 16.2 Å². The molecule has 21 heavy (non-hydrogen) atoms. The fourth-order valence-corrected chi connectivity index (χ4v) is 1.90. The van der Waals surface area contributed by atoms with Crippen molar-refractivity contribution in [2.75, 3.05) is 12.3 Å². The van der Waals surface area contributed by atoms with Gasteiger partial charge in [0.05, 0.1) is 5.92 Å². The number of carbonyl (C=O) groups excluding carboxylic acids is 1. The first-order chi connectivity index (χ1) is 9.88. The van der Waals surface area contributed by atoms with Crippen LogP contribution in [0.3, 0.4) is 0 Å². The summed E-state index contributed by atoms with van der Waals surface area (Å²) >= 11 is 0. The highest BCUT2D eigenvalue weighted by atomic mass is 16.4. The average molecular weight is 290 g/mol. The molecule has 0 aromatic heterocycles. The number of amides is 1. The maximum atomic E-state index is 11.7. The van der Waals surface area contributed by atoms with E-state index < -0.39 is 11.9 Å². The Morgan fingerprint density at radius 2 is 1.90 bits per heavy atom. The van der Waals surface area contributed by atoms with Gasteiger partial charge in [-0.25, -0.2) is 0 Å². The Labute approximate surface area is 124 Å². The number of nitrogens with two attached hydrogens (primary N) is 1. The molecule has 1 aromatic rings. The van der Waals surface area contributed by atoms with E-state index in [9.17, 15) is 9.59 Å². The number of rotatable bonds is 7. The summed E-state index contributed by atoms with van der Waals surface area (Å²) in [4.78, 5) is 22.8. The van der Waals surface area contributed by atoms with Crippen LogP contribution in [-0.2, 0) is 9.59 Å². The topological polar surface area (TPSA) is 92.4 Å². The highest BCUT2D eigenvalue weighted by Gasteiger charge is 2.19. The van der Waals surface area contributed by atoms with Crippen LogP contribution in [0.15, 0.2) is 30.3 Å². The minimum Gasteiger partial charge on any atom is -0.481 e. The normalized spacial score (nSPS) is 12.5. The van der Waals surface area contributed by atoms with E-state index in [-0.39, 0.29) is 18.4 Å². The smallest absolute Gasteiger partial charge is 0.308 e. The molecular formula is C16H22N2O3. The minimum atomic E-state index is -0.883. The van der Waals surface area contributed by atoms with E-state index in [0.717, 1.165) is 5.56 Å². The Morgan fingerprint density at radius 1 is 1.29 bits per heavy atom. The molecule has 0 saturated carbocycles. The van der Waals surface area contributed by atoms with Crippen LogP contribution < -0.4 is 11.1 Å². The Balaban J connectivity index is 2.49. The minimum absolute atomic E-state index is 0.137. The van der Waals surface area contributed by atoms with Gasteiger partial charge in [0, 0.05) is 18.3 Å². The second-order valence-electron chi connectivity index (χ2n) is 5.41. The van der Waals surface area contributed by atoms with Gasteiger partial charge in [0.15, 0.2) is 0 Å². The fraction of sp³-hybridized carbons (Fsp3) is 0.375. The summed E-state index contributed by atoms with van der Waals surface area (Å²) in [6.45, 7) is 4.05. The molecule has 1 unspecified atom stereocenters. The van der Waals surface area contributed by atoms with Crippen LogP contribution in [0.1, 0.15) is 25.8 Å². The fourth-order valence-electron chi connectivity index (χ4n) is 1.90. The second-order valence-corrected chi connectivity index (χ2v) is 5.41. The van der Waals surface area contributed by atoms with Crippen molar-refractivity contribution in [1.82, 2.24) is 5.32 Å². The summed E-state index contributed by atoms with van der Waals surface area (Å²) in [6, 6.07) is 7.11. The Kier molecular flexibility index (Phi) is 6.46. The molecule has 0 saturated heterocycles. The number of carboxylic acids is 1. The van der Waals surface area contributed by atoms with Gasteiger partial charge in [-0.2, -0.15) is 0 Å². The van der Waals surface area contributed by atoms with Gasteiger partial charge in [0.1, 0.15) is 0 Å². The van der Waals surface area contributed by atoms with E-state index in [2.05, 4.69) is 5.32 Å². The number of hydrogen-bond acceptors (Lipinski definition) is 3. The maximum Gasteiger partial charge on any atom is 0.308 e. The first-order valence-corrected chi connectivity index (χ1v) is 6.92. The lowest BCUT2D eigenvalue weighted by molar-refractivity contribution is -0.142. The summed E-state index contributed by atoms with van der Waals surface area (Å²) < 4.78 is 0. The number of aliphatic carboxylic acids is 1. The van der Waals surface area contributed by atoms with E-state index in [1.54, 1.807) is 30.3 Å². The van der Waals surface area contributed by atoms with Gasteiger partial charge in [-0.1, -0.05) is 26.0 Å². The number of benzene rings is 1. The standard InChI is InChI=1S/C16H22N2O3/c1-11(2)9-13(16(20)21)10-18-15(19)8-5-12-3-6-14(17)7-4-12/h3-8,11,13H,9-10,17H2,1-2H3,(H,18,19)(H,20,21)/b8-5+. The molecule has 0 spiro atoms. The van der Waals surface area contributed by atoms with E-state index in [4.69, 9.17) is 10.8 Å². The molecule has 114 valence electrons. The van der Waals surface area contributed by atoms with Gasteiger partial charge in [-0.3, -0.25) is 9.59 Å². The van der Waals surface area contributed by atoms with E-state index in [1.165, 1.54) is 6.08 Å². The van der Waals surface area contributed by atoms with Crippen LogP contribution in [-0.4, -0.2) is 23.5 Å². The molecule has 1 atom stereocenters. The third kappa shape index (κ3) is 6.61. The lowest BCUT2D eigenvalue weighted by Crippen LogP contribution is -2.32. The molecule has 0 aliphatic carbocycles. The first-order valence-electron chi connectivity index (χ1n) is 6.92. The molecule has 0 bridgehead atoms. The van der Waals surface area contributed by atoms with Crippen molar-refractivity contribution in [2.45, 2.75) is 20.3 Å². The molecule has 5 nitrogen and oxygen atoms in total. The van der Waals surface area contributed by atoms with Gasteiger partial charge in [-0.15, -0.1) is 0 Å². The van der Waals surface area contributed by atoms with Crippen LogP contribution in [0, 0.1) is 11.8 Å². The Morgan fingerprint density at radius 3 is 2.43 bits per heavy atom. The Bertz CT molecular complexity index is 507. The zero-order valence-corrected chi connectivity index (χ0v) is 12.4. The first kappa shape index (κ1) is 16.8. The maximum absolute atomic E-state index is 11.7. The molecule has 0 aliphatic heterocycles. The number of nitrogen functional groups attached to an aromatic ring is 1. The summed E-state index contributed by atoms with van der Waals surface area (Å²) in [5.74, 6) is -1.47. The largest absolute Gasteiger partial charge is 0.481 e. The van der Waals surface area contributed by atoms with Crippen molar-refractivity contribution in [1.29, 1.82) is 0 Å². The molecule has 1 aromatic carbocycles. The summed E-state index contributed by atoms with van der Waals surface area (Å²) in [5, 5.41) is 11.7. The van der Waals surface area contributed by atoms with Crippen LogP contribution in [0.5, 0.6) is 0 Å². The average Bonchev–Trinajstić information content (AvgIpc) is 2.42. The van der Waals surface area contributed by atoms with E-state index in [1.807, 2.05) is 13.8 Å². The predicted octanol–water partition coefficient (Wildman–Crippen LogP) is 2.15. The lowest BCUT2D eigenvalue weighted by Gasteiger charge is -2.14. The summed E-state index contributed by atoms with van der Waals surface area (Å²) in [6.07, 6.45) is 3.59.